The van der Waals surface area contributed by atoms with Crippen molar-refractivity contribution in [3.63, 3.8) is 0 Å². The Labute approximate surface area is 237 Å². The number of carboxylic acid groups (broad SMARTS) is 1. The van der Waals surface area contributed by atoms with E-state index in [1.165, 1.54) is 53.7 Å². The molecule has 10 nitrogen and oxygen atoms in total. The molecule has 2 aromatic carbocycles. The van der Waals surface area contributed by atoms with Gasteiger partial charge in [-0.2, -0.15) is 4.90 Å². The van der Waals surface area contributed by atoms with Crippen molar-refractivity contribution in [2.45, 2.75) is 83.5 Å². The van der Waals surface area contributed by atoms with E-state index in [0.29, 0.717) is 10.5 Å². The second-order valence-corrected chi connectivity index (χ2v) is 11.7. The second kappa shape index (κ2) is 13.0. The van der Waals surface area contributed by atoms with Crippen molar-refractivity contribution in [1.82, 2.24) is 4.90 Å². The summed E-state index contributed by atoms with van der Waals surface area (Å²) in [7, 11) is 0. The summed E-state index contributed by atoms with van der Waals surface area (Å²) in [5, 5.41) is 22.2. The summed E-state index contributed by atoms with van der Waals surface area (Å²) < 4.78 is 39.6. The molecular formula is C29H36F2N2O8. The number of carboxylic acids is 1. The highest BCUT2D eigenvalue weighted by molar-refractivity contribution is 5.96. The van der Waals surface area contributed by atoms with Crippen molar-refractivity contribution in [3.05, 3.63) is 81.4 Å². The smallest absolute Gasteiger partial charge is 0.420 e. The van der Waals surface area contributed by atoms with Crippen LogP contribution in [0.5, 0.6) is 0 Å². The number of ether oxygens (including phenoxy) is 2. The number of nitro groups is 1. The van der Waals surface area contributed by atoms with Gasteiger partial charge in [0.25, 0.3) is 0 Å². The van der Waals surface area contributed by atoms with Crippen LogP contribution >= 0.6 is 0 Å². The average molecular weight is 579 g/mol. The molecule has 2 aromatic rings. The first kappa shape index (κ1) is 33.1. The predicted octanol–water partition coefficient (Wildman–Crippen LogP) is 6.34. The molecule has 41 heavy (non-hydrogen) atoms. The van der Waals surface area contributed by atoms with Crippen molar-refractivity contribution in [3.8, 4) is 0 Å². The van der Waals surface area contributed by atoms with Gasteiger partial charge in [-0.25, -0.2) is 23.2 Å². The molecule has 2 amide bonds. The van der Waals surface area contributed by atoms with Crippen molar-refractivity contribution >= 4 is 18.2 Å². The fraction of sp³-hybridized carbons (Fsp3) is 0.483. The maximum atomic E-state index is 14.7. The Morgan fingerprint density at radius 3 is 1.93 bits per heavy atom. The van der Waals surface area contributed by atoms with Crippen LogP contribution in [0.15, 0.2) is 48.5 Å². The lowest BCUT2D eigenvalue weighted by molar-refractivity contribution is -0.483. The first-order valence-corrected chi connectivity index (χ1v) is 13.0. The maximum absolute atomic E-state index is 14.7. The highest BCUT2D eigenvalue weighted by Gasteiger charge is 2.53. The lowest BCUT2D eigenvalue weighted by atomic mass is 9.81. The van der Waals surface area contributed by atoms with E-state index in [1.54, 1.807) is 30.3 Å². The van der Waals surface area contributed by atoms with Gasteiger partial charge in [0.1, 0.15) is 11.2 Å². The molecule has 0 fully saturated rings. The molecule has 0 aromatic heterocycles. The normalized spacial score (nSPS) is 14.0. The number of benzene rings is 2. The van der Waals surface area contributed by atoms with Crippen molar-refractivity contribution in [2.24, 2.45) is 0 Å². The Morgan fingerprint density at radius 1 is 0.927 bits per heavy atom. The summed E-state index contributed by atoms with van der Waals surface area (Å²) >= 11 is 0. The zero-order valence-corrected chi connectivity index (χ0v) is 24.0. The zero-order valence-electron chi connectivity index (χ0n) is 24.0. The molecule has 224 valence electrons. The van der Waals surface area contributed by atoms with Gasteiger partial charge in [0, 0.05) is 16.9 Å². The van der Waals surface area contributed by atoms with Crippen LogP contribution in [0.4, 0.5) is 18.4 Å². The number of hydrogen-bond donors (Lipinski definition) is 1. The van der Waals surface area contributed by atoms with E-state index in [0.717, 1.165) is 6.07 Å². The molecule has 0 saturated heterocycles. The highest BCUT2D eigenvalue weighted by atomic mass is 19.2. The quantitative estimate of drug-likeness (QED) is 0.255. The fourth-order valence-electron chi connectivity index (χ4n) is 4.30. The molecule has 1 N–H and O–H groups in total. The molecule has 0 saturated carbocycles. The van der Waals surface area contributed by atoms with E-state index in [2.05, 4.69) is 0 Å². The van der Waals surface area contributed by atoms with Gasteiger partial charge in [0.05, 0.1) is 5.92 Å². The maximum Gasteiger partial charge on any atom is 0.420 e. The van der Waals surface area contributed by atoms with Crippen molar-refractivity contribution < 1.29 is 42.7 Å². The van der Waals surface area contributed by atoms with Gasteiger partial charge < -0.3 is 14.6 Å². The summed E-state index contributed by atoms with van der Waals surface area (Å²) in [6, 6.07) is 11.3. The van der Waals surface area contributed by atoms with Crippen LogP contribution in [-0.4, -0.2) is 56.4 Å². The number of rotatable bonds is 10. The van der Waals surface area contributed by atoms with E-state index < -0.39 is 83.2 Å². The van der Waals surface area contributed by atoms with E-state index in [4.69, 9.17) is 9.47 Å². The molecule has 0 unspecified atom stereocenters. The number of amides is 2. The van der Waals surface area contributed by atoms with Gasteiger partial charge in [-0.1, -0.05) is 42.5 Å². The van der Waals surface area contributed by atoms with E-state index >= 15 is 0 Å². The molecule has 0 bridgehead atoms. The van der Waals surface area contributed by atoms with Crippen LogP contribution < -0.4 is 0 Å². The van der Waals surface area contributed by atoms with Gasteiger partial charge in [-0.15, -0.1) is 0 Å². The molecule has 0 aliphatic carbocycles. The molecule has 0 spiro atoms. The Bertz CT molecular complexity index is 1230. The van der Waals surface area contributed by atoms with Gasteiger partial charge in [-0.05, 0) is 66.0 Å². The third-order valence-electron chi connectivity index (χ3n) is 6.01. The Hall–Kier alpha value is -4.09. The Balaban J connectivity index is 2.75. The van der Waals surface area contributed by atoms with E-state index in [9.17, 15) is 38.4 Å². The zero-order chi connectivity index (χ0) is 31.2. The van der Waals surface area contributed by atoms with Crippen LogP contribution in [0.1, 0.15) is 71.4 Å². The number of imide groups is 1. The summed E-state index contributed by atoms with van der Waals surface area (Å²) in [6.07, 6.45) is -4.05. The third kappa shape index (κ3) is 9.22. The lowest BCUT2D eigenvalue weighted by Gasteiger charge is -2.40. The highest BCUT2D eigenvalue weighted by Crippen LogP contribution is 2.35. The summed E-state index contributed by atoms with van der Waals surface area (Å²) in [5.74, 6) is -5.46. The van der Waals surface area contributed by atoms with Gasteiger partial charge in [-0.3, -0.25) is 10.1 Å². The molecule has 12 heteroatoms. The number of carbonyl (C=O) groups is 3. The van der Waals surface area contributed by atoms with E-state index in [-0.39, 0.29) is 5.56 Å². The van der Waals surface area contributed by atoms with E-state index in [1.807, 2.05) is 0 Å². The number of carbonyl (C=O) groups excluding carboxylic acids is 2. The number of aliphatic carboxylic acids is 1. The minimum absolute atomic E-state index is 0.332. The van der Waals surface area contributed by atoms with Crippen LogP contribution in [0.25, 0.3) is 0 Å². The summed E-state index contributed by atoms with van der Waals surface area (Å²) in [5.41, 5.74) is -4.61. The molecule has 0 aliphatic heterocycles. The van der Waals surface area contributed by atoms with Crippen molar-refractivity contribution in [1.29, 1.82) is 0 Å². The van der Waals surface area contributed by atoms with Gasteiger partial charge in [0.2, 0.25) is 6.54 Å². The number of nitrogens with zero attached hydrogens (tertiary/aromatic N) is 2. The molecule has 2 atom stereocenters. The molecule has 0 heterocycles. The second-order valence-electron chi connectivity index (χ2n) is 11.7. The first-order valence-electron chi connectivity index (χ1n) is 13.0. The third-order valence-corrected chi connectivity index (χ3v) is 6.01. The van der Waals surface area contributed by atoms with Crippen LogP contribution in [0.3, 0.4) is 0 Å². The van der Waals surface area contributed by atoms with Crippen LogP contribution in [-0.2, 0) is 20.7 Å². The topological polar surface area (TPSA) is 136 Å². The van der Waals surface area contributed by atoms with Crippen molar-refractivity contribution in [2.75, 3.05) is 6.54 Å². The summed E-state index contributed by atoms with van der Waals surface area (Å²) in [4.78, 5) is 51.4. The summed E-state index contributed by atoms with van der Waals surface area (Å²) in [6.45, 7) is 8.29. The monoisotopic (exact) mass is 578 g/mol. The lowest BCUT2D eigenvalue weighted by Crippen LogP contribution is -2.62. The minimum atomic E-state index is -2.40. The standard InChI is InChI=1S/C29H36F2N2O8/c1-27(2,3)40-25(36)33(26(37)41-28(4,5)6)29(24(34)35,17-19-11-8-7-9-12-19)16-15-20(18-32(38)39)21-13-10-14-22(30)23(21)31/h7-14,20H,15-18H2,1-6H3,(H,34,35)/t20-,29+/m1/s1. The molecular weight excluding hydrogens is 542 g/mol. The minimum Gasteiger partial charge on any atom is -0.479 e. The predicted molar refractivity (Wildman–Crippen MR) is 145 cm³/mol. The fourth-order valence-corrected chi connectivity index (χ4v) is 4.30. The van der Waals surface area contributed by atoms with Gasteiger partial charge >= 0.3 is 18.2 Å². The van der Waals surface area contributed by atoms with Crippen LogP contribution in [0, 0.1) is 21.7 Å². The molecule has 0 radical (unpaired) electrons. The van der Waals surface area contributed by atoms with Crippen LogP contribution in [0.2, 0.25) is 0 Å². The first-order chi connectivity index (χ1) is 18.9. The largest absolute Gasteiger partial charge is 0.479 e. The number of halogens is 2. The molecule has 2 rings (SSSR count). The average Bonchev–Trinajstić information content (AvgIpc) is 2.81. The Morgan fingerprint density at radius 2 is 1.46 bits per heavy atom. The van der Waals surface area contributed by atoms with Gasteiger partial charge in [0.15, 0.2) is 17.2 Å². The Kier molecular flexibility index (Phi) is 10.5. The number of hydrogen-bond acceptors (Lipinski definition) is 7. The molecule has 0 aliphatic rings. The SMILES string of the molecule is CC(C)(C)OC(=O)N(C(=O)OC(C)(C)C)[C@@](CC[C@H](C[N+](=O)[O-])c1cccc(F)c1F)(Cc1ccccc1)C(=O)O.